The van der Waals surface area contributed by atoms with E-state index in [1.807, 2.05) is 6.92 Å². The fourth-order valence-corrected chi connectivity index (χ4v) is 1.21. The summed E-state index contributed by atoms with van der Waals surface area (Å²) in [6, 6.07) is 0. The summed E-state index contributed by atoms with van der Waals surface area (Å²) >= 11 is 8.18. The Hall–Kier alpha value is 0.170. The minimum Gasteiger partial charge on any atom is -0.369 e. The third-order valence-electron chi connectivity index (χ3n) is 1.81. The van der Waals surface area contributed by atoms with Crippen molar-refractivity contribution in [3.05, 3.63) is 0 Å². The molecule has 0 aliphatic carbocycles. The quantitative estimate of drug-likeness (QED) is 0.549. The van der Waals surface area contributed by atoms with Crippen LogP contribution in [-0.4, -0.2) is 16.9 Å². The predicted octanol–water partition coefficient (Wildman–Crippen LogP) is 0.726. The van der Waals surface area contributed by atoms with Crippen LogP contribution in [0.5, 0.6) is 0 Å². The van der Waals surface area contributed by atoms with Gasteiger partial charge in [-0.1, -0.05) is 6.92 Å². The molecule has 0 aromatic heterocycles. The van der Waals surface area contributed by atoms with Crippen molar-refractivity contribution in [1.82, 2.24) is 0 Å². The molecule has 0 aliphatic rings. The van der Waals surface area contributed by atoms with E-state index in [2.05, 4.69) is 25.3 Å². The normalized spacial score (nSPS) is 19.6. The van der Waals surface area contributed by atoms with Gasteiger partial charge in [0.05, 0.1) is 5.41 Å². The Labute approximate surface area is 72.4 Å². The molecule has 0 saturated heterocycles. The highest BCUT2D eigenvalue weighted by Gasteiger charge is 2.33. The van der Waals surface area contributed by atoms with E-state index in [-0.39, 0.29) is 11.2 Å². The van der Waals surface area contributed by atoms with Gasteiger partial charge in [-0.25, -0.2) is 0 Å². The van der Waals surface area contributed by atoms with E-state index in [0.717, 1.165) is 0 Å². The van der Waals surface area contributed by atoms with Crippen LogP contribution in [0.15, 0.2) is 0 Å². The first-order chi connectivity index (χ1) is 4.45. The van der Waals surface area contributed by atoms with Crippen LogP contribution in [0, 0.1) is 5.41 Å². The van der Waals surface area contributed by atoms with E-state index in [9.17, 15) is 4.79 Å². The Morgan fingerprint density at radius 1 is 1.80 bits per heavy atom. The number of carbonyl (C=O) groups is 1. The minimum atomic E-state index is -0.591. The smallest absolute Gasteiger partial charge is 0.225 e. The van der Waals surface area contributed by atoms with Gasteiger partial charge in [-0.3, -0.25) is 4.79 Å². The lowest BCUT2D eigenvalue weighted by molar-refractivity contribution is -0.125. The van der Waals surface area contributed by atoms with E-state index in [4.69, 9.17) is 5.73 Å². The fraction of sp³-hybridized carbons (Fsp3) is 0.833. The molecule has 0 rings (SSSR count). The molecule has 0 radical (unpaired) electrons. The highest BCUT2D eigenvalue weighted by molar-refractivity contribution is 7.81. The fourth-order valence-electron chi connectivity index (χ4n) is 0.416. The number of carbonyl (C=O) groups excluding carboxylic acids is 1. The van der Waals surface area contributed by atoms with Gasteiger partial charge in [0.1, 0.15) is 0 Å². The maximum absolute atomic E-state index is 10.8. The van der Waals surface area contributed by atoms with Gasteiger partial charge in [-0.2, -0.15) is 25.3 Å². The highest BCUT2D eigenvalue weighted by atomic mass is 32.1. The summed E-state index contributed by atoms with van der Waals surface area (Å²) in [4.78, 5) is 10.8. The zero-order chi connectivity index (χ0) is 8.36. The zero-order valence-corrected chi connectivity index (χ0v) is 7.95. The van der Waals surface area contributed by atoms with E-state index in [0.29, 0.717) is 5.75 Å². The number of hydrogen-bond acceptors (Lipinski definition) is 3. The van der Waals surface area contributed by atoms with Crippen LogP contribution in [-0.2, 0) is 4.79 Å². The average molecular weight is 179 g/mol. The summed E-state index contributed by atoms with van der Waals surface area (Å²) in [5.41, 5.74) is 4.55. The molecular formula is C6H13NOS2. The third kappa shape index (κ3) is 1.83. The van der Waals surface area contributed by atoms with Crippen molar-refractivity contribution < 1.29 is 4.79 Å². The van der Waals surface area contributed by atoms with E-state index < -0.39 is 5.41 Å². The summed E-state index contributed by atoms with van der Waals surface area (Å²) in [5, 5.41) is -0.0532. The monoisotopic (exact) mass is 179 g/mol. The van der Waals surface area contributed by atoms with Gasteiger partial charge in [0.25, 0.3) is 0 Å². The van der Waals surface area contributed by atoms with Crippen LogP contribution in [0.1, 0.15) is 13.8 Å². The number of rotatable bonds is 3. The Bertz CT molecular complexity index is 138. The first-order valence-corrected chi connectivity index (χ1v) is 4.19. The van der Waals surface area contributed by atoms with Crippen molar-refractivity contribution in [2.75, 3.05) is 5.75 Å². The first kappa shape index (κ1) is 10.2. The van der Waals surface area contributed by atoms with Gasteiger partial charge in [-0.15, -0.1) is 0 Å². The summed E-state index contributed by atoms with van der Waals surface area (Å²) in [7, 11) is 0. The summed E-state index contributed by atoms with van der Waals surface area (Å²) in [5.74, 6) is 0.0949. The lowest BCUT2D eigenvalue weighted by Gasteiger charge is -2.27. The number of nitrogens with two attached hydrogens (primary N) is 1. The SMILES string of the molecule is CC(S)C(C)(CS)C(N)=O. The van der Waals surface area contributed by atoms with Crippen LogP contribution in [0.25, 0.3) is 0 Å². The first-order valence-electron chi connectivity index (χ1n) is 3.04. The minimum absolute atomic E-state index is 0.0532. The van der Waals surface area contributed by atoms with Gasteiger partial charge < -0.3 is 5.73 Å². The Balaban J connectivity index is 4.38. The molecule has 0 spiro atoms. The molecule has 0 bridgehead atoms. The van der Waals surface area contributed by atoms with Gasteiger partial charge in [-0.05, 0) is 6.92 Å². The second-order valence-corrected chi connectivity index (χ2v) is 3.71. The largest absolute Gasteiger partial charge is 0.369 e. The third-order valence-corrected chi connectivity index (χ3v) is 3.04. The molecule has 0 heterocycles. The maximum Gasteiger partial charge on any atom is 0.225 e. The van der Waals surface area contributed by atoms with Crippen molar-refractivity contribution in [3.8, 4) is 0 Å². The Kier molecular flexibility index (Phi) is 3.59. The van der Waals surface area contributed by atoms with E-state index in [1.54, 1.807) is 6.92 Å². The van der Waals surface area contributed by atoms with Crippen LogP contribution < -0.4 is 5.73 Å². The second kappa shape index (κ2) is 3.53. The van der Waals surface area contributed by atoms with Crippen molar-refractivity contribution >= 4 is 31.2 Å². The molecule has 0 aliphatic heterocycles. The summed E-state index contributed by atoms with van der Waals surface area (Å²) in [6.45, 7) is 3.60. The van der Waals surface area contributed by atoms with Crippen molar-refractivity contribution in [3.63, 3.8) is 0 Å². The van der Waals surface area contributed by atoms with Gasteiger partial charge in [0.2, 0.25) is 5.91 Å². The lowest BCUT2D eigenvalue weighted by atomic mass is 9.89. The molecule has 0 saturated carbocycles. The molecule has 4 heteroatoms. The molecule has 10 heavy (non-hydrogen) atoms. The summed E-state index contributed by atoms with van der Waals surface area (Å²) < 4.78 is 0. The number of hydrogen-bond donors (Lipinski definition) is 3. The van der Waals surface area contributed by atoms with Gasteiger partial charge in [0, 0.05) is 11.0 Å². The van der Waals surface area contributed by atoms with Crippen LogP contribution in [0.2, 0.25) is 0 Å². The predicted molar refractivity (Wildman–Crippen MR) is 49.6 cm³/mol. The van der Waals surface area contributed by atoms with Crippen LogP contribution >= 0.6 is 25.3 Å². The Morgan fingerprint density at radius 2 is 2.20 bits per heavy atom. The molecule has 1 amide bonds. The molecule has 2 atom stereocenters. The Morgan fingerprint density at radius 3 is 2.20 bits per heavy atom. The number of amides is 1. The molecule has 0 aromatic carbocycles. The zero-order valence-electron chi connectivity index (χ0n) is 6.16. The molecule has 0 aromatic rings. The molecule has 2 nitrogen and oxygen atoms in total. The maximum atomic E-state index is 10.8. The van der Waals surface area contributed by atoms with E-state index >= 15 is 0 Å². The van der Waals surface area contributed by atoms with Gasteiger partial charge >= 0.3 is 0 Å². The lowest BCUT2D eigenvalue weighted by Crippen LogP contribution is -2.42. The molecule has 60 valence electrons. The van der Waals surface area contributed by atoms with Crippen molar-refractivity contribution in [1.29, 1.82) is 0 Å². The summed E-state index contributed by atoms with van der Waals surface area (Å²) in [6.07, 6.45) is 0. The van der Waals surface area contributed by atoms with Crippen LogP contribution in [0.4, 0.5) is 0 Å². The van der Waals surface area contributed by atoms with Gasteiger partial charge in [0.15, 0.2) is 0 Å². The number of primary amides is 1. The standard InChI is InChI=1S/C6H13NOS2/c1-4(10)6(2,3-9)5(7)8/h4,9-10H,3H2,1-2H3,(H2,7,8). The molecule has 2 unspecified atom stereocenters. The highest BCUT2D eigenvalue weighted by Crippen LogP contribution is 2.26. The molecule has 2 N–H and O–H groups in total. The van der Waals surface area contributed by atoms with E-state index in [1.165, 1.54) is 0 Å². The van der Waals surface area contributed by atoms with Crippen molar-refractivity contribution in [2.24, 2.45) is 11.1 Å². The van der Waals surface area contributed by atoms with Crippen LogP contribution in [0.3, 0.4) is 0 Å². The molecule has 0 fully saturated rings. The number of thiol groups is 2. The topological polar surface area (TPSA) is 43.1 Å². The second-order valence-electron chi connectivity index (χ2n) is 2.62. The molecular weight excluding hydrogens is 166 g/mol. The van der Waals surface area contributed by atoms with Crippen molar-refractivity contribution in [2.45, 2.75) is 19.1 Å². The average Bonchev–Trinajstić information content (AvgIpc) is 1.85.